The van der Waals surface area contributed by atoms with Gasteiger partial charge in [0.25, 0.3) is 0 Å². The smallest absolute Gasteiger partial charge is 0.222 e. The van der Waals surface area contributed by atoms with Gasteiger partial charge in [0.15, 0.2) is 0 Å². The molecule has 0 radical (unpaired) electrons. The van der Waals surface area contributed by atoms with E-state index >= 15 is 0 Å². The summed E-state index contributed by atoms with van der Waals surface area (Å²) in [6.45, 7) is 2.64. The standard InChI is InChI=1S/C10H11BrN4S/c1-6-2-9(15-10(12)14-6)13-4-8-3-7(11)5-16-8/h2-3,5H,4H2,1H3,(H3,12,13,14,15). The monoisotopic (exact) mass is 298 g/mol. The number of aryl methyl sites for hydroxylation is 1. The highest BCUT2D eigenvalue weighted by molar-refractivity contribution is 9.10. The van der Waals surface area contributed by atoms with Gasteiger partial charge in [0.1, 0.15) is 5.82 Å². The summed E-state index contributed by atoms with van der Waals surface area (Å²) in [5, 5.41) is 5.27. The van der Waals surface area contributed by atoms with E-state index in [2.05, 4.69) is 42.7 Å². The highest BCUT2D eigenvalue weighted by atomic mass is 79.9. The predicted molar refractivity (Wildman–Crippen MR) is 70.5 cm³/mol. The van der Waals surface area contributed by atoms with Crippen molar-refractivity contribution < 1.29 is 0 Å². The van der Waals surface area contributed by atoms with Crippen LogP contribution in [0.2, 0.25) is 0 Å². The maximum absolute atomic E-state index is 5.57. The minimum Gasteiger partial charge on any atom is -0.368 e. The Labute approximate surface area is 106 Å². The number of nitrogen functional groups attached to an aromatic ring is 1. The van der Waals surface area contributed by atoms with E-state index in [1.807, 2.05) is 13.0 Å². The minimum atomic E-state index is 0.301. The molecule has 6 heteroatoms. The predicted octanol–water partition coefficient (Wildman–Crippen LogP) is 2.80. The van der Waals surface area contributed by atoms with E-state index in [0.717, 1.165) is 22.5 Å². The summed E-state index contributed by atoms with van der Waals surface area (Å²) in [6, 6.07) is 3.95. The molecule has 0 fully saturated rings. The second-order valence-corrected chi connectivity index (χ2v) is 5.25. The van der Waals surface area contributed by atoms with Crippen molar-refractivity contribution in [2.75, 3.05) is 11.1 Å². The molecule has 0 saturated heterocycles. The lowest BCUT2D eigenvalue weighted by molar-refractivity contribution is 1.08. The molecule has 2 rings (SSSR count). The quantitative estimate of drug-likeness (QED) is 0.914. The molecule has 16 heavy (non-hydrogen) atoms. The van der Waals surface area contributed by atoms with Crippen LogP contribution in [0.4, 0.5) is 11.8 Å². The first-order valence-corrected chi connectivity index (χ1v) is 6.39. The summed E-state index contributed by atoms with van der Waals surface area (Å²) in [7, 11) is 0. The van der Waals surface area contributed by atoms with E-state index < -0.39 is 0 Å². The number of halogens is 1. The summed E-state index contributed by atoms with van der Waals surface area (Å²) < 4.78 is 1.10. The number of rotatable bonds is 3. The van der Waals surface area contributed by atoms with Gasteiger partial charge < -0.3 is 11.1 Å². The third-order valence-corrected chi connectivity index (χ3v) is 3.63. The van der Waals surface area contributed by atoms with Crippen molar-refractivity contribution in [2.24, 2.45) is 0 Å². The summed E-state index contributed by atoms with van der Waals surface area (Å²) in [4.78, 5) is 9.36. The number of anilines is 2. The van der Waals surface area contributed by atoms with Gasteiger partial charge >= 0.3 is 0 Å². The fraction of sp³-hybridized carbons (Fsp3) is 0.200. The van der Waals surface area contributed by atoms with Crippen LogP contribution in [0, 0.1) is 6.92 Å². The van der Waals surface area contributed by atoms with Crippen LogP contribution in [0.15, 0.2) is 22.0 Å². The zero-order chi connectivity index (χ0) is 11.5. The molecule has 2 aromatic heterocycles. The van der Waals surface area contributed by atoms with Crippen molar-refractivity contribution in [1.29, 1.82) is 0 Å². The molecule has 0 saturated carbocycles. The summed E-state index contributed by atoms with van der Waals surface area (Å²) in [5.74, 6) is 1.06. The molecule has 0 aliphatic heterocycles. The molecule has 0 atom stereocenters. The molecule has 0 aromatic carbocycles. The lowest BCUT2D eigenvalue weighted by atomic mass is 10.4. The molecule has 3 N–H and O–H groups in total. The Kier molecular flexibility index (Phi) is 3.40. The highest BCUT2D eigenvalue weighted by Gasteiger charge is 2.01. The van der Waals surface area contributed by atoms with Gasteiger partial charge in [-0.1, -0.05) is 0 Å². The molecule has 0 aliphatic rings. The normalized spacial score (nSPS) is 10.4. The molecule has 0 aliphatic carbocycles. The fourth-order valence-corrected chi connectivity index (χ4v) is 2.70. The number of aromatic nitrogens is 2. The molecule has 0 bridgehead atoms. The SMILES string of the molecule is Cc1cc(NCc2cc(Br)cs2)nc(N)n1. The average Bonchev–Trinajstić information content (AvgIpc) is 2.60. The van der Waals surface area contributed by atoms with Crippen molar-refractivity contribution >= 4 is 39.0 Å². The first-order chi connectivity index (χ1) is 7.63. The molecular formula is C10H11BrN4S. The second-order valence-electron chi connectivity index (χ2n) is 3.34. The number of nitrogens with zero attached hydrogens (tertiary/aromatic N) is 2. The van der Waals surface area contributed by atoms with Gasteiger partial charge in [-0.25, -0.2) is 4.98 Å². The molecule has 84 valence electrons. The van der Waals surface area contributed by atoms with Crippen molar-refractivity contribution in [1.82, 2.24) is 9.97 Å². The Balaban J connectivity index is 2.04. The topological polar surface area (TPSA) is 63.8 Å². The largest absolute Gasteiger partial charge is 0.368 e. The number of nitrogens with one attached hydrogen (secondary N) is 1. The number of hydrogen-bond acceptors (Lipinski definition) is 5. The number of hydrogen-bond donors (Lipinski definition) is 2. The molecule has 0 spiro atoms. The van der Waals surface area contributed by atoms with Gasteiger partial charge in [-0.2, -0.15) is 4.98 Å². The first-order valence-electron chi connectivity index (χ1n) is 4.71. The molecule has 0 unspecified atom stereocenters. The van der Waals surface area contributed by atoms with Crippen LogP contribution in [0.3, 0.4) is 0 Å². The lowest BCUT2D eigenvalue weighted by Gasteiger charge is -2.05. The number of nitrogens with two attached hydrogens (primary N) is 1. The van der Waals surface area contributed by atoms with E-state index in [9.17, 15) is 0 Å². The van der Waals surface area contributed by atoms with Crippen LogP contribution < -0.4 is 11.1 Å². The molecule has 2 aromatic rings. The van der Waals surface area contributed by atoms with E-state index in [0.29, 0.717) is 5.95 Å². The highest BCUT2D eigenvalue weighted by Crippen LogP contribution is 2.20. The zero-order valence-corrected chi connectivity index (χ0v) is 11.1. The van der Waals surface area contributed by atoms with Crippen molar-refractivity contribution in [3.05, 3.63) is 32.6 Å². The van der Waals surface area contributed by atoms with E-state index in [1.54, 1.807) is 11.3 Å². The minimum absolute atomic E-state index is 0.301. The fourth-order valence-electron chi connectivity index (χ4n) is 1.31. The molecular weight excluding hydrogens is 288 g/mol. The molecule has 2 heterocycles. The van der Waals surface area contributed by atoms with Gasteiger partial charge in [0.2, 0.25) is 5.95 Å². The Morgan fingerprint density at radius 2 is 2.25 bits per heavy atom. The van der Waals surface area contributed by atoms with Gasteiger partial charge in [0.05, 0.1) is 6.54 Å². The summed E-state index contributed by atoms with van der Waals surface area (Å²) >= 11 is 5.11. The van der Waals surface area contributed by atoms with E-state index in [-0.39, 0.29) is 0 Å². The van der Waals surface area contributed by atoms with Crippen molar-refractivity contribution in [3.63, 3.8) is 0 Å². The third-order valence-electron chi connectivity index (χ3n) is 1.94. The second kappa shape index (κ2) is 4.80. The number of thiophene rings is 1. The van der Waals surface area contributed by atoms with E-state index in [4.69, 9.17) is 5.73 Å². The van der Waals surface area contributed by atoms with Gasteiger partial charge in [-0.15, -0.1) is 11.3 Å². The maximum Gasteiger partial charge on any atom is 0.222 e. The van der Waals surface area contributed by atoms with Gasteiger partial charge in [-0.3, -0.25) is 0 Å². The van der Waals surface area contributed by atoms with Crippen LogP contribution in [-0.2, 0) is 6.54 Å². The van der Waals surface area contributed by atoms with Crippen molar-refractivity contribution in [3.8, 4) is 0 Å². The van der Waals surface area contributed by atoms with Crippen LogP contribution in [0.25, 0.3) is 0 Å². The first kappa shape index (κ1) is 11.3. The Bertz CT molecular complexity index is 477. The van der Waals surface area contributed by atoms with Gasteiger partial charge in [-0.05, 0) is 28.9 Å². The van der Waals surface area contributed by atoms with Crippen molar-refractivity contribution in [2.45, 2.75) is 13.5 Å². The van der Waals surface area contributed by atoms with Crippen LogP contribution in [0.5, 0.6) is 0 Å². The molecule has 0 amide bonds. The zero-order valence-electron chi connectivity index (χ0n) is 8.70. The van der Waals surface area contributed by atoms with Crippen LogP contribution in [0.1, 0.15) is 10.6 Å². The lowest BCUT2D eigenvalue weighted by Crippen LogP contribution is -2.04. The summed E-state index contributed by atoms with van der Waals surface area (Å²) in [6.07, 6.45) is 0. The average molecular weight is 299 g/mol. The van der Waals surface area contributed by atoms with Gasteiger partial charge in [0, 0.05) is 26.5 Å². The Morgan fingerprint density at radius 1 is 1.44 bits per heavy atom. The third kappa shape index (κ3) is 2.93. The molecule has 4 nitrogen and oxygen atoms in total. The summed E-state index contributed by atoms with van der Waals surface area (Å²) in [5.41, 5.74) is 6.43. The van der Waals surface area contributed by atoms with Crippen LogP contribution >= 0.6 is 27.3 Å². The van der Waals surface area contributed by atoms with E-state index in [1.165, 1.54) is 4.88 Å². The Hall–Kier alpha value is -1.14. The maximum atomic E-state index is 5.57. The van der Waals surface area contributed by atoms with Crippen LogP contribution in [-0.4, -0.2) is 9.97 Å². The Morgan fingerprint density at radius 3 is 2.88 bits per heavy atom.